The van der Waals surface area contributed by atoms with Crippen LogP contribution in [0.1, 0.15) is 50.0 Å². The summed E-state index contributed by atoms with van der Waals surface area (Å²) in [5.74, 6) is 3.47. The Kier molecular flexibility index (Phi) is 3.19. The van der Waals surface area contributed by atoms with E-state index in [1.54, 1.807) is 13.2 Å². The minimum atomic E-state index is 0.246. The molecule has 2 aliphatic carbocycles. The highest BCUT2D eigenvalue weighted by Gasteiger charge is 2.34. The van der Waals surface area contributed by atoms with E-state index >= 15 is 0 Å². The van der Waals surface area contributed by atoms with E-state index in [2.05, 4.69) is 6.07 Å². The second kappa shape index (κ2) is 4.83. The topological polar surface area (TPSA) is 29.5 Å². The van der Waals surface area contributed by atoms with Crippen LogP contribution in [0.2, 0.25) is 0 Å². The molecule has 2 heteroatoms. The van der Waals surface area contributed by atoms with Crippen molar-refractivity contribution in [3.05, 3.63) is 23.8 Å². The summed E-state index contributed by atoms with van der Waals surface area (Å²) < 4.78 is 5.21. The zero-order chi connectivity index (χ0) is 12.5. The molecule has 0 aliphatic heterocycles. The lowest BCUT2D eigenvalue weighted by atomic mass is 9.73. The number of phenolic OH excluding ortho intramolecular Hbond substituents is 1. The van der Waals surface area contributed by atoms with E-state index < -0.39 is 0 Å². The van der Waals surface area contributed by atoms with E-state index in [1.165, 1.54) is 44.1 Å². The van der Waals surface area contributed by atoms with Gasteiger partial charge in [-0.2, -0.15) is 0 Å². The molecule has 98 valence electrons. The molecule has 1 aromatic rings. The minimum absolute atomic E-state index is 0.246. The minimum Gasteiger partial charge on any atom is -0.504 e. The molecule has 3 unspecified atom stereocenters. The van der Waals surface area contributed by atoms with Crippen LogP contribution in [-0.2, 0) is 0 Å². The lowest BCUT2D eigenvalue weighted by Crippen LogP contribution is -2.19. The molecule has 0 saturated heterocycles. The Labute approximate surface area is 109 Å². The zero-order valence-electron chi connectivity index (χ0n) is 11.1. The number of hydrogen-bond donors (Lipinski definition) is 1. The standard InChI is InChI=1S/C16H22O2/c1-18-16-10-14(7-8-15(16)17)13-6-5-11-3-2-4-12(11)9-13/h7-8,10-13,17H,2-6,9H2,1H3. The Hall–Kier alpha value is -1.18. The monoisotopic (exact) mass is 246 g/mol. The summed E-state index contributed by atoms with van der Waals surface area (Å²) in [6.07, 6.45) is 8.33. The molecule has 0 bridgehead atoms. The highest BCUT2D eigenvalue weighted by atomic mass is 16.5. The molecular weight excluding hydrogens is 224 g/mol. The molecule has 3 atom stereocenters. The van der Waals surface area contributed by atoms with Crippen molar-refractivity contribution < 1.29 is 9.84 Å². The van der Waals surface area contributed by atoms with Crippen molar-refractivity contribution in [1.82, 2.24) is 0 Å². The SMILES string of the molecule is COc1cc(C2CCC3CCCC3C2)ccc1O. The zero-order valence-corrected chi connectivity index (χ0v) is 11.1. The first kappa shape index (κ1) is 11.9. The van der Waals surface area contributed by atoms with Gasteiger partial charge in [-0.1, -0.05) is 25.3 Å². The molecule has 0 radical (unpaired) electrons. The van der Waals surface area contributed by atoms with Crippen molar-refractivity contribution >= 4 is 0 Å². The Morgan fingerprint density at radius 2 is 1.94 bits per heavy atom. The molecule has 3 rings (SSSR count). The number of fused-ring (bicyclic) bond motifs is 1. The Bertz CT molecular complexity index is 427. The van der Waals surface area contributed by atoms with E-state index in [-0.39, 0.29) is 5.75 Å². The molecule has 2 saturated carbocycles. The van der Waals surface area contributed by atoms with Gasteiger partial charge in [-0.15, -0.1) is 0 Å². The van der Waals surface area contributed by atoms with Gasteiger partial charge in [0.25, 0.3) is 0 Å². The molecule has 18 heavy (non-hydrogen) atoms. The summed E-state index contributed by atoms with van der Waals surface area (Å²) in [6, 6.07) is 5.86. The normalized spacial score (nSPS) is 31.1. The summed E-state index contributed by atoms with van der Waals surface area (Å²) in [6.45, 7) is 0. The quantitative estimate of drug-likeness (QED) is 0.851. The van der Waals surface area contributed by atoms with Gasteiger partial charge in [-0.25, -0.2) is 0 Å². The smallest absolute Gasteiger partial charge is 0.160 e. The Morgan fingerprint density at radius 1 is 1.11 bits per heavy atom. The van der Waals surface area contributed by atoms with Gasteiger partial charge in [0.1, 0.15) is 0 Å². The van der Waals surface area contributed by atoms with Crippen LogP contribution < -0.4 is 4.74 Å². The summed E-state index contributed by atoms with van der Waals surface area (Å²) >= 11 is 0. The predicted molar refractivity (Wildman–Crippen MR) is 72.1 cm³/mol. The maximum Gasteiger partial charge on any atom is 0.160 e. The van der Waals surface area contributed by atoms with Gasteiger partial charge in [0.2, 0.25) is 0 Å². The van der Waals surface area contributed by atoms with Gasteiger partial charge in [-0.05, 0) is 54.7 Å². The first-order chi connectivity index (χ1) is 8.78. The number of rotatable bonds is 2. The molecule has 1 N–H and O–H groups in total. The van der Waals surface area contributed by atoms with Gasteiger partial charge >= 0.3 is 0 Å². The lowest BCUT2D eigenvalue weighted by Gasteiger charge is -2.32. The van der Waals surface area contributed by atoms with Crippen LogP contribution in [0.25, 0.3) is 0 Å². The third-order valence-electron chi connectivity index (χ3n) is 4.96. The Morgan fingerprint density at radius 3 is 2.78 bits per heavy atom. The van der Waals surface area contributed by atoms with Crippen LogP contribution in [0, 0.1) is 11.8 Å². The second-order valence-electron chi connectivity index (χ2n) is 5.89. The van der Waals surface area contributed by atoms with E-state index in [1.807, 2.05) is 6.07 Å². The van der Waals surface area contributed by atoms with Crippen LogP contribution in [0.4, 0.5) is 0 Å². The van der Waals surface area contributed by atoms with Gasteiger partial charge in [0.05, 0.1) is 7.11 Å². The first-order valence-corrected chi connectivity index (χ1v) is 7.15. The summed E-state index contributed by atoms with van der Waals surface area (Å²) in [5.41, 5.74) is 1.34. The predicted octanol–water partition coefficient (Wildman–Crippen LogP) is 4.08. The highest BCUT2D eigenvalue weighted by Crippen LogP contribution is 2.48. The maximum atomic E-state index is 9.66. The second-order valence-corrected chi connectivity index (χ2v) is 5.89. The van der Waals surface area contributed by atoms with Gasteiger partial charge in [0, 0.05) is 0 Å². The number of ether oxygens (including phenoxy) is 1. The first-order valence-electron chi connectivity index (χ1n) is 7.15. The van der Waals surface area contributed by atoms with E-state index in [4.69, 9.17) is 4.74 Å². The number of methoxy groups -OCH3 is 1. The highest BCUT2D eigenvalue weighted by molar-refractivity contribution is 5.43. The molecule has 1 aromatic carbocycles. The van der Waals surface area contributed by atoms with E-state index in [0.29, 0.717) is 11.7 Å². The summed E-state index contributed by atoms with van der Waals surface area (Å²) in [5, 5.41) is 9.66. The number of aromatic hydroxyl groups is 1. The van der Waals surface area contributed by atoms with Crippen LogP contribution in [0.15, 0.2) is 18.2 Å². The molecule has 0 aromatic heterocycles. The van der Waals surface area contributed by atoms with Crippen molar-refractivity contribution in [2.24, 2.45) is 11.8 Å². The molecule has 0 heterocycles. The summed E-state index contributed by atoms with van der Waals surface area (Å²) in [4.78, 5) is 0. The number of phenols is 1. The molecule has 2 fully saturated rings. The number of hydrogen-bond acceptors (Lipinski definition) is 2. The van der Waals surface area contributed by atoms with Crippen LogP contribution in [0.5, 0.6) is 11.5 Å². The summed E-state index contributed by atoms with van der Waals surface area (Å²) in [7, 11) is 1.62. The molecule has 0 spiro atoms. The van der Waals surface area contributed by atoms with Crippen molar-refractivity contribution in [3.8, 4) is 11.5 Å². The largest absolute Gasteiger partial charge is 0.504 e. The van der Waals surface area contributed by atoms with Gasteiger partial charge in [0.15, 0.2) is 11.5 Å². The molecular formula is C16H22O2. The average Bonchev–Trinajstić information content (AvgIpc) is 2.86. The molecule has 2 nitrogen and oxygen atoms in total. The Balaban J connectivity index is 1.78. The van der Waals surface area contributed by atoms with Gasteiger partial charge in [-0.3, -0.25) is 0 Å². The average molecular weight is 246 g/mol. The molecule has 0 amide bonds. The van der Waals surface area contributed by atoms with Crippen LogP contribution >= 0.6 is 0 Å². The van der Waals surface area contributed by atoms with E-state index in [9.17, 15) is 5.11 Å². The fourth-order valence-corrected chi connectivity index (χ4v) is 3.95. The van der Waals surface area contributed by atoms with Crippen molar-refractivity contribution in [1.29, 1.82) is 0 Å². The fourth-order valence-electron chi connectivity index (χ4n) is 3.95. The van der Waals surface area contributed by atoms with Crippen molar-refractivity contribution in [2.75, 3.05) is 7.11 Å². The third-order valence-corrected chi connectivity index (χ3v) is 4.96. The van der Waals surface area contributed by atoms with Crippen LogP contribution in [-0.4, -0.2) is 12.2 Å². The third kappa shape index (κ3) is 2.09. The van der Waals surface area contributed by atoms with E-state index in [0.717, 1.165) is 11.8 Å². The van der Waals surface area contributed by atoms with Crippen LogP contribution in [0.3, 0.4) is 0 Å². The fraction of sp³-hybridized carbons (Fsp3) is 0.625. The molecule has 2 aliphatic rings. The van der Waals surface area contributed by atoms with Gasteiger partial charge < -0.3 is 9.84 Å². The van der Waals surface area contributed by atoms with Crippen molar-refractivity contribution in [2.45, 2.75) is 44.4 Å². The van der Waals surface area contributed by atoms with Crippen molar-refractivity contribution in [3.63, 3.8) is 0 Å². The maximum absolute atomic E-state index is 9.66. The number of benzene rings is 1. The lowest BCUT2D eigenvalue weighted by molar-refractivity contribution is 0.250.